The van der Waals surface area contributed by atoms with Gasteiger partial charge in [-0.1, -0.05) is 6.92 Å². The summed E-state index contributed by atoms with van der Waals surface area (Å²) in [4.78, 5) is 18.6. The van der Waals surface area contributed by atoms with Gasteiger partial charge in [-0.3, -0.25) is 10.1 Å². The molecule has 1 aromatic heterocycles. The Bertz CT molecular complexity index is 495. The molecule has 7 nitrogen and oxygen atoms in total. The number of alkyl halides is 3. The number of hydrogen-bond donors (Lipinski definition) is 1. The Balaban J connectivity index is 3.29. The van der Waals surface area contributed by atoms with E-state index < -0.39 is 23.3 Å². The maximum atomic E-state index is 12.6. The summed E-state index contributed by atoms with van der Waals surface area (Å²) in [5, 5.41) is 13.8. The Morgan fingerprint density at radius 2 is 2.05 bits per heavy atom. The van der Waals surface area contributed by atoms with Gasteiger partial charge >= 0.3 is 11.9 Å². The molecule has 0 atom stereocenters. The van der Waals surface area contributed by atoms with E-state index in [0.717, 1.165) is 11.2 Å². The SMILES string of the molecule is CCCN(CC(F)(F)F)c1ncnc(NCC)c1[N+](=O)[O-]. The highest BCUT2D eigenvalue weighted by atomic mass is 19.4. The second-order valence-corrected chi connectivity index (χ2v) is 4.22. The van der Waals surface area contributed by atoms with Gasteiger partial charge in [0.15, 0.2) is 0 Å². The molecule has 1 N–H and O–H groups in total. The van der Waals surface area contributed by atoms with Crippen molar-refractivity contribution in [2.24, 2.45) is 0 Å². The minimum Gasteiger partial charge on any atom is -0.364 e. The second-order valence-electron chi connectivity index (χ2n) is 4.22. The normalized spacial score (nSPS) is 11.3. The molecule has 1 aromatic rings. The first-order chi connectivity index (χ1) is 9.80. The van der Waals surface area contributed by atoms with Crippen LogP contribution in [0.5, 0.6) is 0 Å². The molecule has 0 bridgehead atoms. The van der Waals surface area contributed by atoms with E-state index in [0.29, 0.717) is 13.0 Å². The molecule has 1 heterocycles. The maximum Gasteiger partial charge on any atom is 0.405 e. The van der Waals surface area contributed by atoms with E-state index in [9.17, 15) is 23.3 Å². The molecule has 1 rings (SSSR count). The molecule has 0 aliphatic heterocycles. The van der Waals surface area contributed by atoms with Crippen LogP contribution in [0.4, 0.5) is 30.5 Å². The first-order valence-corrected chi connectivity index (χ1v) is 6.35. The smallest absolute Gasteiger partial charge is 0.364 e. The lowest BCUT2D eigenvalue weighted by molar-refractivity contribution is -0.383. The summed E-state index contributed by atoms with van der Waals surface area (Å²) >= 11 is 0. The topological polar surface area (TPSA) is 84.2 Å². The Morgan fingerprint density at radius 1 is 1.38 bits per heavy atom. The first-order valence-electron chi connectivity index (χ1n) is 6.35. The summed E-state index contributed by atoms with van der Waals surface area (Å²) in [6.45, 7) is 2.43. The van der Waals surface area contributed by atoms with Crippen molar-refractivity contribution in [3.63, 3.8) is 0 Å². The zero-order valence-corrected chi connectivity index (χ0v) is 11.6. The summed E-state index contributed by atoms with van der Waals surface area (Å²) in [5.41, 5.74) is -0.544. The van der Waals surface area contributed by atoms with E-state index in [1.54, 1.807) is 13.8 Å². The van der Waals surface area contributed by atoms with E-state index in [1.807, 2.05) is 0 Å². The van der Waals surface area contributed by atoms with Gasteiger partial charge in [0.05, 0.1) is 4.92 Å². The lowest BCUT2D eigenvalue weighted by Gasteiger charge is -2.24. The molecule has 0 fully saturated rings. The first kappa shape index (κ1) is 16.9. The number of nitro groups is 1. The molecule has 0 aliphatic rings. The lowest BCUT2D eigenvalue weighted by Crippen LogP contribution is -2.36. The van der Waals surface area contributed by atoms with Crippen molar-refractivity contribution in [3.8, 4) is 0 Å². The Labute approximate surface area is 119 Å². The Hall–Kier alpha value is -2.13. The number of nitrogens with zero attached hydrogens (tertiary/aromatic N) is 4. The fourth-order valence-electron chi connectivity index (χ4n) is 1.81. The van der Waals surface area contributed by atoms with Gasteiger partial charge in [-0.25, -0.2) is 9.97 Å². The molecule has 10 heteroatoms. The van der Waals surface area contributed by atoms with E-state index in [4.69, 9.17) is 0 Å². The van der Waals surface area contributed by atoms with Crippen molar-refractivity contribution in [3.05, 3.63) is 16.4 Å². The predicted molar refractivity (Wildman–Crippen MR) is 71.4 cm³/mol. The summed E-state index contributed by atoms with van der Waals surface area (Å²) in [6, 6.07) is 0. The summed E-state index contributed by atoms with van der Waals surface area (Å²) in [6.07, 6.45) is -3.07. The second kappa shape index (κ2) is 7.04. The van der Waals surface area contributed by atoms with E-state index in [2.05, 4.69) is 15.3 Å². The standard InChI is InChI=1S/C11H16F3N5O2/c1-3-5-18(6-11(12,13)14)10-8(19(20)21)9(15-4-2)16-7-17-10/h7H,3-6H2,1-2H3,(H,15,16,17). The van der Waals surface area contributed by atoms with E-state index in [1.165, 1.54) is 0 Å². The molecule has 0 saturated carbocycles. The van der Waals surface area contributed by atoms with Crippen LogP contribution in [0, 0.1) is 10.1 Å². The Kier molecular flexibility index (Phi) is 5.68. The van der Waals surface area contributed by atoms with Crippen LogP contribution in [0.2, 0.25) is 0 Å². The minimum absolute atomic E-state index is 0.00291. The highest BCUT2D eigenvalue weighted by Crippen LogP contribution is 2.33. The fourth-order valence-corrected chi connectivity index (χ4v) is 1.81. The number of hydrogen-bond acceptors (Lipinski definition) is 6. The molecule has 0 radical (unpaired) electrons. The van der Waals surface area contributed by atoms with Crippen molar-refractivity contribution in [2.45, 2.75) is 26.4 Å². The van der Waals surface area contributed by atoms with Crippen LogP contribution < -0.4 is 10.2 Å². The summed E-state index contributed by atoms with van der Waals surface area (Å²) in [5.74, 6) is -0.416. The van der Waals surface area contributed by atoms with Crippen molar-refractivity contribution >= 4 is 17.3 Å². The van der Waals surface area contributed by atoms with Crippen LogP contribution in [0.3, 0.4) is 0 Å². The molecular formula is C11H16F3N5O2. The van der Waals surface area contributed by atoms with Crippen molar-refractivity contribution < 1.29 is 18.1 Å². The van der Waals surface area contributed by atoms with Gasteiger partial charge in [-0.05, 0) is 13.3 Å². The molecule has 0 unspecified atom stereocenters. The van der Waals surface area contributed by atoms with E-state index in [-0.39, 0.29) is 18.2 Å². The largest absolute Gasteiger partial charge is 0.405 e. The molecule has 0 amide bonds. The van der Waals surface area contributed by atoms with Gasteiger partial charge in [0.25, 0.3) is 0 Å². The van der Waals surface area contributed by atoms with Crippen molar-refractivity contribution in [2.75, 3.05) is 29.9 Å². The van der Waals surface area contributed by atoms with Crippen LogP contribution in [0.25, 0.3) is 0 Å². The van der Waals surface area contributed by atoms with Crippen LogP contribution >= 0.6 is 0 Å². The maximum absolute atomic E-state index is 12.6. The van der Waals surface area contributed by atoms with Gasteiger partial charge in [0.1, 0.15) is 12.9 Å². The molecule has 118 valence electrons. The van der Waals surface area contributed by atoms with Crippen molar-refractivity contribution in [1.82, 2.24) is 9.97 Å². The molecule has 21 heavy (non-hydrogen) atoms. The number of aromatic nitrogens is 2. The third-order valence-corrected chi connectivity index (χ3v) is 2.49. The number of halogens is 3. The number of anilines is 2. The third kappa shape index (κ3) is 4.72. The Morgan fingerprint density at radius 3 is 2.52 bits per heavy atom. The van der Waals surface area contributed by atoms with Crippen LogP contribution in [-0.2, 0) is 0 Å². The zero-order chi connectivity index (χ0) is 16.0. The van der Waals surface area contributed by atoms with Gasteiger partial charge in [0, 0.05) is 13.1 Å². The average molecular weight is 307 g/mol. The average Bonchev–Trinajstić information content (AvgIpc) is 2.36. The molecule has 0 saturated heterocycles. The number of nitrogens with one attached hydrogen (secondary N) is 1. The third-order valence-electron chi connectivity index (χ3n) is 2.49. The monoisotopic (exact) mass is 307 g/mol. The van der Waals surface area contributed by atoms with Crippen LogP contribution in [0.1, 0.15) is 20.3 Å². The predicted octanol–water partition coefficient (Wildman–Crippen LogP) is 2.60. The van der Waals surface area contributed by atoms with E-state index >= 15 is 0 Å². The number of rotatable bonds is 7. The van der Waals surface area contributed by atoms with Crippen LogP contribution in [-0.4, -0.2) is 40.7 Å². The summed E-state index contributed by atoms with van der Waals surface area (Å²) in [7, 11) is 0. The zero-order valence-electron chi connectivity index (χ0n) is 11.6. The van der Waals surface area contributed by atoms with Gasteiger partial charge in [-0.15, -0.1) is 0 Å². The van der Waals surface area contributed by atoms with Crippen molar-refractivity contribution in [1.29, 1.82) is 0 Å². The lowest BCUT2D eigenvalue weighted by atomic mass is 10.3. The molecule has 0 spiro atoms. The molecule has 0 aromatic carbocycles. The molecular weight excluding hydrogens is 291 g/mol. The highest BCUT2D eigenvalue weighted by molar-refractivity contribution is 5.70. The summed E-state index contributed by atoms with van der Waals surface area (Å²) < 4.78 is 37.9. The van der Waals surface area contributed by atoms with Crippen LogP contribution in [0.15, 0.2) is 6.33 Å². The minimum atomic E-state index is -4.48. The quantitative estimate of drug-likeness (QED) is 0.615. The molecule has 0 aliphatic carbocycles. The van der Waals surface area contributed by atoms with Gasteiger partial charge < -0.3 is 10.2 Å². The van der Waals surface area contributed by atoms with Gasteiger partial charge in [-0.2, -0.15) is 13.2 Å². The highest BCUT2D eigenvalue weighted by Gasteiger charge is 2.35. The fraction of sp³-hybridized carbons (Fsp3) is 0.636. The van der Waals surface area contributed by atoms with Gasteiger partial charge in [0.2, 0.25) is 11.6 Å².